The highest BCUT2D eigenvalue weighted by atomic mass is 32.2. The number of carbonyl (C=O) groups excluding carboxylic acids is 1. The Morgan fingerprint density at radius 1 is 1.26 bits per heavy atom. The summed E-state index contributed by atoms with van der Waals surface area (Å²) >= 11 is 0. The van der Waals surface area contributed by atoms with Gasteiger partial charge in [-0.15, -0.1) is 0 Å². The number of rotatable bonds is 8. The molecule has 0 atom stereocenters. The fourth-order valence-electron chi connectivity index (χ4n) is 1.83. The number of unbranched alkanes of at least 4 members (excludes halogenated alkanes) is 1. The molecule has 0 aliphatic rings. The van der Waals surface area contributed by atoms with Crippen LogP contribution >= 0.6 is 0 Å². The van der Waals surface area contributed by atoms with Crippen molar-refractivity contribution in [1.29, 1.82) is 0 Å². The van der Waals surface area contributed by atoms with Crippen molar-refractivity contribution in [1.82, 2.24) is 4.72 Å². The number of hydrogen-bond donors (Lipinski definition) is 1. The molecule has 0 unspecified atom stereocenters. The Morgan fingerprint density at radius 2 is 1.96 bits per heavy atom. The molecule has 0 aromatic heterocycles. The molecule has 130 valence electrons. The number of carbonyl (C=O) groups is 1. The van der Waals surface area contributed by atoms with Crippen LogP contribution in [-0.2, 0) is 31.5 Å². The topological polar surface area (TPSA) is 72.5 Å². The van der Waals surface area contributed by atoms with Crippen molar-refractivity contribution in [3.63, 3.8) is 0 Å². The molecule has 0 saturated carbocycles. The SMILES string of the molecule is COC(=O)CCCCNS(=O)(=O)Cc1cccc(C(F)(F)F)c1. The molecular weight excluding hydrogens is 335 g/mol. The van der Waals surface area contributed by atoms with E-state index in [2.05, 4.69) is 9.46 Å². The largest absolute Gasteiger partial charge is 0.469 e. The first-order valence-corrected chi connectivity index (χ1v) is 8.49. The fourth-order valence-corrected chi connectivity index (χ4v) is 3.01. The van der Waals surface area contributed by atoms with Gasteiger partial charge >= 0.3 is 12.1 Å². The van der Waals surface area contributed by atoms with Gasteiger partial charge in [0.1, 0.15) is 0 Å². The molecular formula is C14H18F3NO4S. The number of hydrogen-bond acceptors (Lipinski definition) is 4. The average Bonchev–Trinajstić information content (AvgIpc) is 2.45. The molecule has 0 spiro atoms. The summed E-state index contributed by atoms with van der Waals surface area (Å²) in [5.74, 6) is -0.912. The molecule has 23 heavy (non-hydrogen) atoms. The van der Waals surface area contributed by atoms with Crippen LogP contribution in [0.4, 0.5) is 13.2 Å². The maximum absolute atomic E-state index is 12.6. The van der Waals surface area contributed by atoms with Crippen LogP contribution in [-0.4, -0.2) is 28.0 Å². The van der Waals surface area contributed by atoms with E-state index < -0.39 is 27.5 Å². The van der Waals surface area contributed by atoms with Crippen molar-refractivity contribution in [2.24, 2.45) is 0 Å². The van der Waals surface area contributed by atoms with E-state index in [0.717, 1.165) is 12.1 Å². The highest BCUT2D eigenvalue weighted by Crippen LogP contribution is 2.29. The number of esters is 1. The number of alkyl halides is 3. The lowest BCUT2D eigenvalue weighted by Gasteiger charge is -2.10. The predicted octanol–water partition coefficient (Wildman–Crippen LogP) is 2.47. The molecule has 0 heterocycles. The minimum atomic E-state index is -4.51. The molecule has 0 aliphatic carbocycles. The fraction of sp³-hybridized carbons (Fsp3) is 0.500. The molecule has 9 heteroatoms. The van der Waals surface area contributed by atoms with Crippen molar-refractivity contribution in [2.75, 3.05) is 13.7 Å². The number of benzene rings is 1. The molecule has 1 aromatic carbocycles. The minimum absolute atomic E-state index is 0.0573. The molecule has 0 bridgehead atoms. The van der Waals surface area contributed by atoms with E-state index in [1.165, 1.54) is 19.2 Å². The zero-order valence-electron chi connectivity index (χ0n) is 12.5. The quantitative estimate of drug-likeness (QED) is 0.576. The van der Waals surface area contributed by atoms with Gasteiger partial charge < -0.3 is 4.74 Å². The Bertz CT molecular complexity index is 629. The van der Waals surface area contributed by atoms with Crippen molar-refractivity contribution in [2.45, 2.75) is 31.2 Å². The van der Waals surface area contributed by atoms with E-state index >= 15 is 0 Å². The van der Waals surface area contributed by atoms with E-state index in [9.17, 15) is 26.4 Å². The van der Waals surface area contributed by atoms with Gasteiger partial charge in [0.25, 0.3) is 0 Å². The molecule has 1 rings (SSSR count). The van der Waals surface area contributed by atoms with Crippen LogP contribution in [0, 0.1) is 0 Å². The molecule has 0 radical (unpaired) electrons. The smallest absolute Gasteiger partial charge is 0.416 e. The van der Waals surface area contributed by atoms with Crippen molar-refractivity contribution >= 4 is 16.0 Å². The summed E-state index contributed by atoms with van der Waals surface area (Å²) in [5, 5.41) is 0. The van der Waals surface area contributed by atoms with Crippen LogP contribution in [0.25, 0.3) is 0 Å². The second-order valence-corrected chi connectivity index (χ2v) is 6.69. The van der Waals surface area contributed by atoms with Crippen LogP contribution in [0.15, 0.2) is 24.3 Å². The summed E-state index contributed by atoms with van der Waals surface area (Å²) in [7, 11) is -2.47. The Morgan fingerprint density at radius 3 is 2.57 bits per heavy atom. The molecule has 0 saturated heterocycles. The minimum Gasteiger partial charge on any atom is -0.469 e. The van der Waals surface area contributed by atoms with Crippen molar-refractivity contribution in [3.8, 4) is 0 Å². The Labute approximate surface area is 132 Å². The van der Waals surface area contributed by atoms with Gasteiger partial charge in [-0.25, -0.2) is 13.1 Å². The molecule has 0 amide bonds. The standard InChI is InChI=1S/C14H18F3NO4S/c1-22-13(19)7-2-3-8-18-23(20,21)10-11-5-4-6-12(9-11)14(15,16)17/h4-6,9,18H,2-3,7-8,10H2,1H3. The zero-order valence-corrected chi connectivity index (χ0v) is 13.3. The summed E-state index contributed by atoms with van der Waals surface area (Å²) in [6.07, 6.45) is -3.44. The van der Waals surface area contributed by atoms with Crippen molar-refractivity contribution < 1.29 is 31.1 Å². The number of halogens is 3. The van der Waals surface area contributed by atoms with Gasteiger partial charge in [0, 0.05) is 13.0 Å². The second-order valence-electron chi connectivity index (χ2n) is 4.88. The van der Waals surface area contributed by atoms with Crippen LogP contribution < -0.4 is 4.72 Å². The maximum Gasteiger partial charge on any atom is 0.416 e. The third-order valence-corrected chi connectivity index (χ3v) is 4.33. The van der Waals surface area contributed by atoms with Gasteiger partial charge in [-0.05, 0) is 24.5 Å². The molecule has 5 nitrogen and oxygen atoms in total. The lowest BCUT2D eigenvalue weighted by Crippen LogP contribution is -2.26. The summed E-state index contributed by atoms with van der Waals surface area (Å²) in [6, 6.07) is 4.20. The average molecular weight is 353 g/mol. The van der Waals surface area contributed by atoms with Crippen LogP contribution in [0.5, 0.6) is 0 Å². The van der Waals surface area contributed by atoms with Gasteiger partial charge in [-0.2, -0.15) is 13.2 Å². The Balaban J connectivity index is 2.51. The van der Waals surface area contributed by atoms with Gasteiger partial charge in [0.05, 0.1) is 18.4 Å². The second kappa shape index (κ2) is 8.30. The van der Waals surface area contributed by atoms with E-state index in [0.29, 0.717) is 12.8 Å². The predicted molar refractivity (Wildman–Crippen MR) is 77.9 cm³/mol. The van der Waals surface area contributed by atoms with Crippen LogP contribution in [0.3, 0.4) is 0 Å². The number of sulfonamides is 1. The van der Waals surface area contributed by atoms with Gasteiger partial charge in [-0.3, -0.25) is 4.79 Å². The first-order chi connectivity index (χ1) is 10.6. The van der Waals surface area contributed by atoms with Crippen molar-refractivity contribution in [3.05, 3.63) is 35.4 Å². The van der Waals surface area contributed by atoms with Crippen LogP contribution in [0.1, 0.15) is 30.4 Å². The van der Waals surface area contributed by atoms with Gasteiger partial charge in [-0.1, -0.05) is 18.2 Å². The first-order valence-electron chi connectivity index (χ1n) is 6.84. The summed E-state index contributed by atoms with van der Waals surface area (Å²) in [6.45, 7) is 0.109. The van der Waals surface area contributed by atoms with E-state index in [-0.39, 0.29) is 24.5 Å². The summed E-state index contributed by atoms with van der Waals surface area (Å²) in [4.78, 5) is 10.9. The molecule has 0 aliphatic heterocycles. The Hall–Kier alpha value is -1.61. The lowest BCUT2D eigenvalue weighted by molar-refractivity contribution is -0.140. The molecule has 1 N–H and O–H groups in total. The molecule has 1 aromatic rings. The van der Waals surface area contributed by atoms with E-state index in [1.54, 1.807) is 0 Å². The number of nitrogens with one attached hydrogen (secondary N) is 1. The van der Waals surface area contributed by atoms with Gasteiger partial charge in [0.15, 0.2) is 0 Å². The maximum atomic E-state index is 12.6. The highest BCUT2D eigenvalue weighted by molar-refractivity contribution is 7.88. The third-order valence-electron chi connectivity index (χ3n) is 2.97. The lowest BCUT2D eigenvalue weighted by atomic mass is 10.1. The van der Waals surface area contributed by atoms with Gasteiger partial charge in [0.2, 0.25) is 10.0 Å². The van der Waals surface area contributed by atoms with Crippen LogP contribution in [0.2, 0.25) is 0 Å². The van der Waals surface area contributed by atoms with E-state index in [1.807, 2.05) is 0 Å². The highest BCUT2D eigenvalue weighted by Gasteiger charge is 2.30. The molecule has 0 fully saturated rings. The first kappa shape index (κ1) is 19.4. The summed E-state index contributed by atoms with van der Waals surface area (Å²) in [5.41, 5.74) is -0.829. The number of ether oxygens (including phenoxy) is 1. The summed E-state index contributed by atoms with van der Waals surface area (Å²) < 4.78 is 68.1. The zero-order chi connectivity index (χ0) is 17.5. The Kier molecular flexibility index (Phi) is 7.01. The third kappa shape index (κ3) is 7.47. The monoisotopic (exact) mass is 353 g/mol. The van der Waals surface area contributed by atoms with E-state index in [4.69, 9.17) is 0 Å². The number of methoxy groups -OCH3 is 1. The normalized spacial score (nSPS) is 12.2.